The summed E-state index contributed by atoms with van der Waals surface area (Å²) in [5.74, 6) is -0.340. The second kappa shape index (κ2) is 6.18. The van der Waals surface area contributed by atoms with Gasteiger partial charge in [-0.2, -0.15) is 13.2 Å². The van der Waals surface area contributed by atoms with Crippen molar-refractivity contribution in [2.24, 2.45) is 0 Å². The van der Waals surface area contributed by atoms with E-state index >= 15 is 0 Å². The summed E-state index contributed by atoms with van der Waals surface area (Å²) in [7, 11) is 0. The Hall–Kier alpha value is -2.01. The van der Waals surface area contributed by atoms with Gasteiger partial charge in [0.15, 0.2) is 0 Å². The van der Waals surface area contributed by atoms with Crippen molar-refractivity contribution < 1.29 is 22.7 Å². The molecule has 0 fully saturated rings. The van der Waals surface area contributed by atoms with Crippen LogP contribution < -0.4 is 4.74 Å². The first-order valence-corrected chi connectivity index (χ1v) is 6.32. The molecule has 2 aromatic carbocycles. The number of rotatable bonds is 4. The third-order valence-electron chi connectivity index (χ3n) is 2.79. The molecule has 6 heteroatoms. The summed E-state index contributed by atoms with van der Waals surface area (Å²) < 4.78 is 44.1. The third kappa shape index (κ3) is 3.76. The number of halogens is 4. The summed E-state index contributed by atoms with van der Waals surface area (Å²) in [6, 6.07) is 9.87. The van der Waals surface area contributed by atoms with Crippen LogP contribution in [0.1, 0.15) is 21.5 Å². The van der Waals surface area contributed by atoms with Crippen molar-refractivity contribution in [2.75, 3.05) is 0 Å². The van der Waals surface area contributed by atoms with Crippen LogP contribution in [0.2, 0.25) is 5.02 Å². The number of aldehydes is 1. The quantitative estimate of drug-likeness (QED) is 0.761. The summed E-state index contributed by atoms with van der Waals surface area (Å²) in [6.45, 7) is -0.0941. The molecule has 0 N–H and O–H groups in total. The van der Waals surface area contributed by atoms with E-state index < -0.39 is 11.7 Å². The maximum atomic E-state index is 12.9. The normalized spacial score (nSPS) is 11.2. The van der Waals surface area contributed by atoms with Crippen LogP contribution in [-0.2, 0) is 12.8 Å². The average Bonchev–Trinajstić information content (AvgIpc) is 2.45. The lowest BCUT2D eigenvalue weighted by Gasteiger charge is -2.14. The second-order valence-electron chi connectivity index (χ2n) is 4.25. The van der Waals surface area contributed by atoms with E-state index in [1.165, 1.54) is 6.07 Å². The fraction of sp³-hybridized carbons (Fsp3) is 0.133. The van der Waals surface area contributed by atoms with Crippen LogP contribution in [0.25, 0.3) is 0 Å². The molecular formula is C15H10ClF3O2. The molecule has 0 saturated heterocycles. The van der Waals surface area contributed by atoms with Gasteiger partial charge in [-0.3, -0.25) is 4.79 Å². The topological polar surface area (TPSA) is 26.3 Å². The molecule has 2 rings (SSSR count). The Bertz CT molecular complexity index is 654. The van der Waals surface area contributed by atoms with Gasteiger partial charge in [-0.1, -0.05) is 29.8 Å². The molecule has 0 amide bonds. The molecular weight excluding hydrogens is 305 g/mol. The minimum absolute atomic E-state index is 0.0626. The standard InChI is InChI=1S/C15H10ClF3O2/c16-13-4-2-1-3-11(13)9-21-14-6-5-10(8-20)7-12(14)15(17,18)19/h1-8H,9H2. The predicted molar refractivity (Wildman–Crippen MR) is 72.6 cm³/mol. The maximum Gasteiger partial charge on any atom is 0.419 e. The Kier molecular flexibility index (Phi) is 4.53. The molecule has 0 heterocycles. The lowest BCUT2D eigenvalue weighted by molar-refractivity contribution is -0.139. The Labute approximate surface area is 124 Å². The van der Waals surface area contributed by atoms with Crippen LogP contribution in [0.3, 0.4) is 0 Å². The zero-order valence-corrected chi connectivity index (χ0v) is 11.4. The fourth-order valence-corrected chi connectivity index (χ4v) is 1.93. The van der Waals surface area contributed by atoms with E-state index in [2.05, 4.69) is 0 Å². The summed E-state index contributed by atoms with van der Waals surface area (Å²) >= 11 is 5.92. The molecule has 0 unspecified atom stereocenters. The van der Waals surface area contributed by atoms with Crippen LogP contribution in [0, 0.1) is 0 Å². The molecule has 2 nitrogen and oxygen atoms in total. The SMILES string of the molecule is O=Cc1ccc(OCc2ccccc2Cl)c(C(F)(F)F)c1. The molecule has 0 aliphatic rings. The summed E-state index contributed by atoms with van der Waals surface area (Å²) in [5, 5.41) is 0.413. The van der Waals surface area contributed by atoms with Crippen molar-refractivity contribution >= 4 is 17.9 Å². The number of ether oxygens (including phenoxy) is 1. The Morgan fingerprint density at radius 1 is 1.14 bits per heavy atom. The van der Waals surface area contributed by atoms with Gasteiger partial charge >= 0.3 is 6.18 Å². The second-order valence-corrected chi connectivity index (χ2v) is 4.66. The molecule has 0 atom stereocenters. The van der Waals surface area contributed by atoms with Gasteiger partial charge in [0.2, 0.25) is 0 Å². The molecule has 0 saturated carbocycles. The summed E-state index contributed by atoms with van der Waals surface area (Å²) in [6.07, 6.45) is -4.25. The van der Waals surface area contributed by atoms with E-state index in [4.69, 9.17) is 16.3 Å². The van der Waals surface area contributed by atoms with Gasteiger partial charge in [0, 0.05) is 16.1 Å². The van der Waals surface area contributed by atoms with Crippen LogP contribution in [0.5, 0.6) is 5.75 Å². The maximum absolute atomic E-state index is 12.9. The molecule has 110 valence electrons. The summed E-state index contributed by atoms with van der Waals surface area (Å²) in [5.41, 5.74) is -0.474. The summed E-state index contributed by atoms with van der Waals surface area (Å²) in [4.78, 5) is 10.6. The molecule has 0 radical (unpaired) electrons. The first-order valence-electron chi connectivity index (χ1n) is 5.94. The fourth-order valence-electron chi connectivity index (χ4n) is 1.74. The number of carbonyl (C=O) groups is 1. The van der Waals surface area contributed by atoms with Crippen molar-refractivity contribution in [1.82, 2.24) is 0 Å². The van der Waals surface area contributed by atoms with Crippen LogP contribution >= 0.6 is 11.6 Å². The molecule has 0 bridgehead atoms. The van der Waals surface area contributed by atoms with Crippen molar-refractivity contribution in [3.63, 3.8) is 0 Å². The van der Waals surface area contributed by atoms with E-state index in [9.17, 15) is 18.0 Å². The van der Waals surface area contributed by atoms with Gasteiger partial charge < -0.3 is 4.74 Å². The molecule has 0 spiro atoms. The van der Waals surface area contributed by atoms with Crippen molar-refractivity contribution in [2.45, 2.75) is 12.8 Å². The molecule has 0 aromatic heterocycles. The minimum atomic E-state index is -4.60. The van der Waals surface area contributed by atoms with E-state index in [1.807, 2.05) is 0 Å². The third-order valence-corrected chi connectivity index (χ3v) is 3.15. The van der Waals surface area contributed by atoms with Gasteiger partial charge in [0.25, 0.3) is 0 Å². The Morgan fingerprint density at radius 3 is 2.48 bits per heavy atom. The van der Waals surface area contributed by atoms with E-state index in [-0.39, 0.29) is 17.9 Å². The molecule has 21 heavy (non-hydrogen) atoms. The highest BCUT2D eigenvalue weighted by Gasteiger charge is 2.34. The van der Waals surface area contributed by atoms with Crippen LogP contribution in [0.4, 0.5) is 13.2 Å². The smallest absolute Gasteiger partial charge is 0.419 e. The zero-order chi connectivity index (χ0) is 15.5. The highest BCUT2D eigenvalue weighted by Crippen LogP contribution is 2.37. The largest absolute Gasteiger partial charge is 0.488 e. The number of benzene rings is 2. The van der Waals surface area contributed by atoms with Gasteiger partial charge in [-0.15, -0.1) is 0 Å². The van der Waals surface area contributed by atoms with Gasteiger partial charge in [0.05, 0.1) is 5.56 Å². The van der Waals surface area contributed by atoms with Gasteiger partial charge in [-0.25, -0.2) is 0 Å². The lowest BCUT2D eigenvalue weighted by Crippen LogP contribution is -2.09. The average molecular weight is 315 g/mol. The molecule has 2 aromatic rings. The highest BCUT2D eigenvalue weighted by molar-refractivity contribution is 6.31. The monoisotopic (exact) mass is 314 g/mol. The van der Waals surface area contributed by atoms with E-state index in [1.54, 1.807) is 24.3 Å². The molecule has 0 aliphatic heterocycles. The Balaban J connectivity index is 2.28. The zero-order valence-electron chi connectivity index (χ0n) is 10.7. The first-order chi connectivity index (χ1) is 9.91. The van der Waals surface area contributed by atoms with Crippen molar-refractivity contribution in [1.29, 1.82) is 0 Å². The lowest BCUT2D eigenvalue weighted by atomic mass is 10.1. The van der Waals surface area contributed by atoms with Gasteiger partial charge in [0.1, 0.15) is 18.6 Å². The van der Waals surface area contributed by atoms with Crippen molar-refractivity contribution in [3.8, 4) is 5.75 Å². The number of hydrogen-bond donors (Lipinski definition) is 0. The van der Waals surface area contributed by atoms with Crippen LogP contribution in [0.15, 0.2) is 42.5 Å². The minimum Gasteiger partial charge on any atom is -0.488 e. The van der Waals surface area contributed by atoms with Crippen LogP contribution in [-0.4, -0.2) is 6.29 Å². The highest BCUT2D eigenvalue weighted by atomic mass is 35.5. The predicted octanol–water partition coefficient (Wildman–Crippen LogP) is 4.75. The van der Waals surface area contributed by atoms with Crippen molar-refractivity contribution in [3.05, 3.63) is 64.2 Å². The van der Waals surface area contributed by atoms with E-state index in [0.29, 0.717) is 16.9 Å². The first kappa shape index (κ1) is 15.4. The number of hydrogen-bond acceptors (Lipinski definition) is 2. The molecule has 0 aliphatic carbocycles. The number of carbonyl (C=O) groups excluding carboxylic acids is 1. The number of alkyl halides is 3. The van der Waals surface area contributed by atoms with E-state index in [0.717, 1.165) is 12.1 Å². The van der Waals surface area contributed by atoms with Gasteiger partial charge in [-0.05, 0) is 24.3 Å². The Morgan fingerprint density at radius 2 is 1.86 bits per heavy atom.